The molecule has 0 aromatic carbocycles. The maximum absolute atomic E-state index is 11.6. The standard InChI is InChI=1S/C11H20N2O5/c1-4-5-6-8(10(15)16)12-11(17)13(2)7-9(14)18-3/h8H,4-7H2,1-3H3,(H,12,17)(H,15,16)/t8-/m0/s1. The van der Waals surface area contributed by atoms with Crippen molar-refractivity contribution in [2.75, 3.05) is 20.7 Å². The summed E-state index contributed by atoms with van der Waals surface area (Å²) in [5.74, 6) is -1.64. The maximum atomic E-state index is 11.6. The number of carboxylic acid groups (broad SMARTS) is 1. The van der Waals surface area contributed by atoms with E-state index in [0.717, 1.165) is 11.3 Å². The molecule has 0 saturated carbocycles. The number of nitrogens with zero attached hydrogens (tertiary/aromatic N) is 1. The molecule has 104 valence electrons. The number of carbonyl (C=O) groups is 3. The van der Waals surface area contributed by atoms with Gasteiger partial charge in [0.2, 0.25) is 0 Å². The highest BCUT2D eigenvalue weighted by Crippen LogP contribution is 2.01. The lowest BCUT2D eigenvalue weighted by Crippen LogP contribution is -2.48. The fourth-order valence-corrected chi connectivity index (χ4v) is 1.25. The molecule has 0 aliphatic heterocycles. The van der Waals surface area contributed by atoms with Crippen LogP contribution >= 0.6 is 0 Å². The summed E-state index contributed by atoms with van der Waals surface area (Å²) in [5, 5.41) is 11.3. The van der Waals surface area contributed by atoms with E-state index in [2.05, 4.69) is 10.1 Å². The topological polar surface area (TPSA) is 95.9 Å². The Morgan fingerprint density at radius 2 is 2.00 bits per heavy atom. The Morgan fingerprint density at radius 1 is 1.39 bits per heavy atom. The molecule has 1 atom stereocenters. The van der Waals surface area contributed by atoms with Crippen LogP contribution in [0.15, 0.2) is 0 Å². The Morgan fingerprint density at radius 3 is 2.44 bits per heavy atom. The summed E-state index contributed by atoms with van der Waals surface area (Å²) in [6, 6.07) is -1.54. The number of aliphatic carboxylic acids is 1. The number of unbranched alkanes of at least 4 members (excludes halogenated alkanes) is 1. The first-order valence-corrected chi connectivity index (χ1v) is 5.73. The van der Waals surface area contributed by atoms with Crippen molar-refractivity contribution in [3.63, 3.8) is 0 Å². The maximum Gasteiger partial charge on any atom is 0.326 e. The summed E-state index contributed by atoms with van der Waals surface area (Å²) >= 11 is 0. The molecule has 0 spiro atoms. The summed E-state index contributed by atoms with van der Waals surface area (Å²) in [4.78, 5) is 34.6. The zero-order valence-electron chi connectivity index (χ0n) is 10.9. The minimum atomic E-state index is -1.08. The number of esters is 1. The predicted octanol–water partition coefficient (Wildman–Crippen LogP) is 0.444. The summed E-state index contributed by atoms with van der Waals surface area (Å²) in [5.41, 5.74) is 0. The number of carbonyl (C=O) groups excluding carboxylic acids is 2. The van der Waals surface area contributed by atoms with Crippen molar-refractivity contribution in [3.8, 4) is 0 Å². The van der Waals surface area contributed by atoms with E-state index in [1.54, 1.807) is 0 Å². The first-order valence-electron chi connectivity index (χ1n) is 5.73. The molecule has 0 radical (unpaired) electrons. The van der Waals surface area contributed by atoms with Gasteiger partial charge in [-0.05, 0) is 6.42 Å². The number of rotatable bonds is 7. The van der Waals surface area contributed by atoms with E-state index in [-0.39, 0.29) is 6.54 Å². The first-order chi connectivity index (χ1) is 8.42. The van der Waals surface area contributed by atoms with Crippen LogP contribution in [0.5, 0.6) is 0 Å². The normalized spacial score (nSPS) is 11.5. The molecule has 2 N–H and O–H groups in total. The van der Waals surface area contributed by atoms with Gasteiger partial charge in [-0.3, -0.25) is 4.79 Å². The molecule has 18 heavy (non-hydrogen) atoms. The average molecular weight is 260 g/mol. The fourth-order valence-electron chi connectivity index (χ4n) is 1.25. The van der Waals surface area contributed by atoms with Crippen molar-refractivity contribution in [3.05, 3.63) is 0 Å². The van der Waals surface area contributed by atoms with Crippen LogP contribution in [-0.2, 0) is 14.3 Å². The van der Waals surface area contributed by atoms with Crippen LogP contribution in [-0.4, -0.2) is 54.7 Å². The van der Waals surface area contributed by atoms with Gasteiger partial charge in [-0.1, -0.05) is 19.8 Å². The predicted molar refractivity (Wildman–Crippen MR) is 64.1 cm³/mol. The van der Waals surface area contributed by atoms with Crippen LogP contribution in [0, 0.1) is 0 Å². The van der Waals surface area contributed by atoms with Crippen LogP contribution in [0.3, 0.4) is 0 Å². The largest absolute Gasteiger partial charge is 0.480 e. The number of hydrogen-bond donors (Lipinski definition) is 2. The van der Waals surface area contributed by atoms with Gasteiger partial charge in [0.1, 0.15) is 12.6 Å². The Hall–Kier alpha value is -1.79. The van der Waals surface area contributed by atoms with E-state index in [9.17, 15) is 14.4 Å². The highest BCUT2D eigenvalue weighted by Gasteiger charge is 2.22. The fraction of sp³-hybridized carbons (Fsp3) is 0.727. The number of methoxy groups -OCH3 is 1. The number of likely N-dealkylation sites (N-methyl/N-ethyl adjacent to an activating group) is 1. The van der Waals surface area contributed by atoms with Crippen molar-refractivity contribution in [1.29, 1.82) is 0 Å². The number of amides is 2. The summed E-state index contributed by atoms with van der Waals surface area (Å²) in [6.45, 7) is 1.71. The zero-order chi connectivity index (χ0) is 14.1. The van der Waals surface area contributed by atoms with Gasteiger partial charge in [-0.2, -0.15) is 0 Å². The Labute approximate surface area is 106 Å². The van der Waals surface area contributed by atoms with Crippen LogP contribution < -0.4 is 5.32 Å². The third-order valence-corrected chi connectivity index (χ3v) is 2.38. The lowest BCUT2D eigenvalue weighted by Gasteiger charge is -2.20. The van der Waals surface area contributed by atoms with Crippen molar-refractivity contribution in [2.24, 2.45) is 0 Å². The molecule has 0 aliphatic carbocycles. The number of ether oxygens (including phenoxy) is 1. The summed E-state index contributed by atoms with van der Waals surface area (Å²) in [6.07, 6.45) is 1.92. The molecule has 0 heterocycles. The van der Waals surface area contributed by atoms with Crippen molar-refractivity contribution in [2.45, 2.75) is 32.2 Å². The number of nitrogens with one attached hydrogen (secondary N) is 1. The van der Waals surface area contributed by atoms with Crippen LogP contribution in [0.4, 0.5) is 4.79 Å². The Bertz CT molecular complexity index is 306. The lowest BCUT2D eigenvalue weighted by molar-refractivity contribution is -0.141. The van der Waals surface area contributed by atoms with Gasteiger partial charge in [-0.15, -0.1) is 0 Å². The van der Waals surface area contributed by atoms with E-state index in [1.807, 2.05) is 6.92 Å². The molecule has 2 amide bonds. The number of hydrogen-bond acceptors (Lipinski definition) is 4. The highest BCUT2D eigenvalue weighted by atomic mass is 16.5. The number of urea groups is 1. The smallest absolute Gasteiger partial charge is 0.326 e. The Kier molecular flexibility index (Phi) is 7.50. The molecular formula is C11H20N2O5. The first kappa shape index (κ1) is 16.2. The molecule has 0 aliphatic rings. The van der Waals surface area contributed by atoms with Crippen LogP contribution in [0.1, 0.15) is 26.2 Å². The van der Waals surface area contributed by atoms with Crippen LogP contribution in [0.25, 0.3) is 0 Å². The monoisotopic (exact) mass is 260 g/mol. The second kappa shape index (κ2) is 8.32. The van der Waals surface area contributed by atoms with Crippen LogP contribution in [0.2, 0.25) is 0 Å². The molecular weight excluding hydrogens is 240 g/mol. The molecule has 0 aromatic rings. The zero-order valence-corrected chi connectivity index (χ0v) is 10.9. The molecule has 7 heteroatoms. The van der Waals surface area contributed by atoms with Gasteiger partial charge < -0.3 is 20.1 Å². The van der Waals surface area contributed by atoms with E-state index in [4.69, 9.17) is 5.11 Å². The molecule has 0 aromatic heterocycles. The minimum Gasteiger partial charge on any atom is -0.480 e. The van der Waals surface area contributed by atoms with Gasteiger partial charge in [0.25, 0.3) is 0 Å². The minimum absolute atomic E-state index is 0.220. The third kappa shape index (κ3) is 6.07. The molecule has 0 fully saturated rings. The quantitative estimate of drug-likeness (QED) is 0.648. The molecule has 0 bridgehead atoms. The third-order valence-electron chi connectivity index (χ3n) is 2.38. The van der Waals surface area contributed by atoms with Gasteiger partial charge in [0.15, 0.2) is 0 Å². The average Bonchev–Trinajstić information content (AvgIpc) is 2.33. The van der Waals surface area contributed by atoms with Gasteiger partial charge in [0, 0.05) is 7.05 Å². The van der Waals surface area contributed by atoms with Gasteiger partial charge in [0.05, 0.1) is 7.11 Å². The second-order valence-corrected chi connectivity index (χ2v) is 3.91. The molecule has 0 rings (SSSR count). The summed E-state index contributed by atoms with van der Waals surface area (Å²) in [7, 11) is 2.61. The van der Waals surface area contributed by atoms with Crippen molar-refractivity contribution in [1.82, 2.24) is 10.2 Å². The van der Waals surface area contributed by atoms with E-state index in [1.165, 1.54) is 14.2 Å². The Balaban J connectivity index is 4.31. The molecule has 0 saturated heterocycles. The highest BCUT2D eigenvalue weighted by molar-refractivity contribution is 5.84. The van der Waals surface area contributed by atoms with Gasteiger partial charge in [-0.25, -0.2) is 9.59 Å². The lowest BCUT2D eigenvalue weighted by atomic mass is 10.1. The van der Waals surface area contributed by atoms with E-state index in [0.29, 0.717) is 12.8 Å². The molecule has 0 unspecified atom stereocenters. The number of carboxylic acids is 1. The van der Waals surface area contributed by atoms with Crippen molar-refractivity contribution < 1.29 is 24.2 Å². The molecule has 7 nitrogen and oxygen atoms in total. The summed E-state index contributed by atoms with van der Waals surface area (Å²) < 4.78 is 4.41. The SMILES string of the molecule is CCCC[C@H](NC(=O)N(C)CC(=O)OC)C(=O)O. The second-order valence-electron chi connectivity index (χ2n) is 3.91. The van der Waals surface area contributed by atoms with Gasteiger partial charge >= 0.3 is 18.0 Å². The van der Waals surface area contributed by atoms with E-state index < -0.39 is 24.0 Å². The van der Waals surface area contributed by atoms with E-state index >= 15 is 0 Å². The van der Waals surface area contributed by atoms with Crippen molar-refractivity contribution >= 4 is 18.0 Å².